The van der Waals surface area contributed by atoms with Gasteiger partial charge in [-0.2, -0.15) is 5.10 Å². The van der Waals surface area contributed by atoms with E-state index in [2.05, 4.69) is 10.4 Å². The van der Waals surface area contributed by atoms with Crippen molar-refractivity contribution in [3.8, 4) is 5.75 Å². The van der Waals surface area contributed by atoms with E-state index in [1.165, 1.54) is 30.0 Å². The first-order chi connectivity index (χ1) is 11.3. The van der Waals surface area contributed by atoms with E-state index in [0.717, 1.165) is 0 Å². The number of benzene rings is 1. The van der Waals surface area contributed by atoms with Crippen LogP contribution in [0.4, 0.5) is 11.4 Å². The molecule has 0 bridgehead atoms. The van der Waals surface area contributed by atoms with Crippen molar-refractivity contribution in [1.29, 1.82) is 0 Å². The molecule has 2 aromatic rings. The number of carbonyl (C=O) groups is 1. The van der Waals surface area contributed by atoms with Crippen LogP contribution in [-0.4, -0.2) is 27.7 Å². The molecule has 0 saturated carbocycles. The van der Waals surface area contributed by atoms with Gasteiger partial charge in [0.05, 0.1) is 34.5 Å². The van der Waals surface area contributed by atoms with Crippen LogP contribution in [0.2, 0.25) is 5.02 Å². The van der Waals surface area contributed by atoms with E-state index in [4.69, 9.17) is 16.3 Å². The first kappa shape index (κ1) is 17.7. The zero-order valence-electron chi connectivity index (χ0n) is 13.7. The predicted octanol–water partition coefficient (Wildman–Crippen LogP) is 3.27. The van der Waals surface area contributed by atoms with Crippen molar-refractivity contribution in [1.82, 2.24) is 9.78 Å². The van der Waals surface area contributed by atoms with Gasteiger partial charge in [-0.3, -0.25) is 19.6 Å². The standard InChI is InChI=1S/C15H17ClN4O4/c1-8-14(16)9(2)19(18-8)10(3)15(21)17-12-6-5-11(24-4)7-13(12)20(22)23/h5-7,10H,1-4H3,(H,17,21). The molecule has 9 heteroatoms. The summed E-state index contributed by atoms with van der Waals surface area (Å²) in [5, 5.41) is 18.5. The number of aryl methyl sites for hydroxylation is 1. The molecule has 1 heterocycles. The van der Waals surface area contributed by atoms with Crippen LogP contribution in [0.5, 0.6) is 5.75 Å². The molecule has 0 aliphatic carbocycles. The number of anilines is 1. The van der Waals surface area contributed by atoms with Crippen LogP contribution in [0.3, 0.4) is 0 Å². The lowest BCUT2D eigenvalue weighted by molar-refractivity contribution is -0.384. The summed E-state index contributed by atoms with van der Waals surface area (Å²) < 4.78 is 6.46. The first-order valence-electron chi connectivity index (χ1n) is 7.10. The van der Waals surface area contributed by atoms with E-state index in [0.29, 0.717) is 22.2 Å². The molecule has 0 aliphatic rings. The van der Waals surface area contributed by atoms with Crippen molar-refractivity contribution in [3.05, 3.63) is 44.7 Å². The summed E-state index contributed by atoms with van der Waals surface area (Å²) in [6.07, 6.45) is 0. The number of halogens is 1. The first-order valence-corrected chi connectivity index (χ1v) is 7.48. The Balaban J connectivity index is 2.29. The van der Waals surface area contributed by atoms with Gasteiger partial charge in [-0.15, -0.1) is 0 Å². The lowest BCUT2D eigenvalue weighted by Gasteiger charge is -2.15. The van der Waals surface area contributed by atoms with E-state index < -0.39 is 16.9 Å². The van der Waals surface area contributed by atoms with E-state index in [1.54, 1.807) is 20.8 Å². The van der Waals surface area contributed by atoms with Gasteiger partial charge in [0.2, 0.25) is 5.91 Å². The maximum absolute atomic E-state index is 12.4. The topological polar surface area (TPSA) is 99.3 Å². The van der Waals surface area contributed by atoms with Crippen molar-refractivity contribution in [2.75, 3.05) is 12.4 Å². The third kappa shape index (κ3) is 3.33. The summed E-state index contributed by atoms with van der Waals surface area (Å²) in [4.78, 5) is 23.0. The van der Waals surface area contributed by atoms with Crippen LogP contribution in [0.25, 0.3) is 0 Å². The molecule has 1 unspecified atom stereocenters. The van der Waals surface area contributed by atoms with Gasteiger partial charge in [0.1, 0.15) is 17.5 Å². The van der Waals surface area contributed by atoms with Gasteiger partial charge in [-0.05, 0) is 32.9 Å². The highest BCUT2D eigenvalue weighted by atomic mass is 35.5. The number of nitro groups is 1. The minimum Gasteiger partial charge on any atom is -0.496 e. The molecule has 1 aromatic carbocycles. The zero-order chi connectivity index (χ0) is 18.0. The largest absolute Gasteiger partial charge is 0.496 e. The fourth-order valence-corrected chi connectivity index (χ4v) is 2.39. The van der Waals surface area contributed by atoms with Gasteiger partial charge in [0, 0.05) is 0 Å². The monoisotopic (exact) mass is 352 g/mol. The van der Waals surface area contributed by atoms with Gasteiger partial charge in [-0.25, -0.2) is 0 Å². The van der Waals surface area contributed by atoms with Crippen molar-refractivity contribution >= 4 is 28.9 Å². The van der Waals surface area contributed by atoms with Gasteiger partial charge in [0.25, 0.3) is 5.69 Å². The van der Waals surface area contributed by atoms with E-state index in [-0.39, 0.29) is 11.4 Å². The highest BCUT2D eigenvalue weighted by molar-refractivity contribution is 6.31. The molecule has 1 amide bonds. The smallest absolute Gasteiger partial charge is 0.296 e. The molecular weight excluding hydrogens is 336 g/mol. The number of nitro benzene ring substituents is 1. The highest BCUT2D eigenvalue weighted by Gasteiger charge is 2.23. The average Bonchev–Trinajstić information content (AvgIpc) is 2.81. The van der Waals surface area contributed by atoms with Crippen molar-refractivity contribution in [2.45, 2.75) is 26.8 Å². The summed E-state index contributed by atoms with van der Waals surface area (Å²) >= 11 is 6.09. The second-order valence-electron chi connectivity index (χ2n) is 5.23. The summed E-state index contributed by atoms with van der Waals surface area (Å²) in [5.41, 5.74) is 1.11. The second-order valence-corrected chi connectivity index (χ2v) is 5.61. The Morgan fingerprint density at radius 2 is 2.12 bits per heavy atom. The number of hydrogen-bond donors (Lipinski definition) is 1. The Morgan fingerprint density at radius 3 is 2.62 bits per heavy atom. The molecule has 1 N–H and O–H groups in total. The van der Waals surface area contributed by atoms with Crippen LogP contribution in [0.1, 0.15) is 24.4 Å². The molecule has 8 nitrogen and oxygen atoms in total. The van der Waals surface area contributed by atoms with Crippen LogP contribution >= 0.6 is 11.6 Å². The minimum atomic E-state index is -0.682. The van der Waals surface area contributed by atoms with Crippen LogP contribution in [0.15, 0.2) is 18.2 Å². The number of nitrogens with one attached hydrogen (secondary N) is 1. The Kier molecular flexibility index (Phi) is 5.08. The molecule has 2 rings (SSSR count). The number of amides is 1. The summed E-state index contributed by atoms with van der Waals surface area (Å²) in [6.45, 7) is 5.13. The Labute approximate surface area is 143 Å². The molecule has 0 saturated heterocycles. The number of aromatic nitrogens is 2. The molecule has 1 aromatic heterocycles. The summed E-state index contributed by atoms with van der Waals surface area (Å²) in [6, 6.07) is 3.53. The quantitative estimate of drug-likeness (QED) is 0.657. The fraction of sp³-hybridized carbons (Fsp3) is 0.333. The molecule has 0 radical (unpaired) electrons. The van der Waals surface area contributed by atoms with Crippen molar-refractivity contribution in [2.24, 2.45) is 0 Å². The molecule has 0 spiro atoms. The number of methoxy groups -OCH3 is 1. The maximum Gasteiger partial charge on any atom is 0.296 e. The van der Waals surface area contributed by atoms with Gasteiger partial charge in [0.15, 0.2) is 0 Å². The second kappa shape index (κ2) is 6.88. The number of carbonyl (C=O) groups excluding carboxylic acids is 1. The highest BCUT2D eigenvalue weighted by Crippen LogP contribution is 2.30. The molecule has 1 atom stereocenters. The third-order valence-corrected chi connectivity index (χ3v) is 4.19. The Bertz CT molecular complexity index is 803. The normalized spacial score (nSPS) is 11.9. The van der Waals surface area contributed by atoms with Gasteiger partial charge < -0.3 is 10.1 Å². The van der Waals surface area contributed by atoms with Crippen LogP contribution in [0, 0.1) is 24.0 Å². The van der Waals surface area contributed by atoms with Crippen molar-refractivity contribution < 1.29 is 14.5 Å². The molecular formula is C15H17ClN4O4. The molecule has 24 heavy (non-hydrogen) atoms. The Morgan fingerprint density at radius 1 is 1.46 bits per heavy atom. The summed E-state index contributed by atoms with van der Waals surface area (Å²) in [5.74, 6) is -0.108. The maximum atomic E-state index is 12.4. The number of rotatable bonds is 5. The molecule has 128 valence electrons. The lowest BCUT2D eigenvalue weighted by Crippen LogP contribution is -2.25. The zero-order valence-corrected chi connectivity index (χ0v) is 14.4. The number of ether oxygens (including phenoxy) is 1. The predicted molar refractivity (Wildman–Crippen MR) is 89.7 cm³/mol. The minimum absolute atomic E-state index is 0.0882. The van der Waals surface area contributed by atoms with Crippen molar-refractivity contribution in [3.63, 3.8) is 0 Å². The van der Waals surface area contributed by atoms with Gasteiger partial charge >= 0.3 is 0 Å². The van der Waals surface area contributed by atoms with Crippen LogP contribution in [-0.2, 0) is 4.79 Å². The molecule has 0 fully saturated rings. The molecule has 0 aliphatic heterocycles. The van der Waals surface area contributed by atoms with E-state index >= 15 is 0 Å². The Hall–Kier alpha value is -2.61. The van der Waals surface area contributed by atoms with E-state index in [9.17, 15) is 14.9 Å². The number of hydrogen-bond acceptors (Lipinski definition) is 5. The third-order valence-electron chi connectivity index (χ3n) is 3.64. The van der Waals surface area contributed by atoms with E-state index in [1.807, 2.05) is 0 Å². The fourth-order valence-electron chi connectivity index (χ4n) is 2.26. The average molecular weight is 353 g/mol. The summed E-state index contributed by atoms with van der Waals surface area (Å²) in [7, 11) is 1.41. The lowest BCUT2D eigenvalue weighted by atomic mass is 10.2. The van der Waals surface area contributed by atoms with Gasteiger partial charge in [-0.1, -0.05) is 11.6 Å². The van der Waals surface area contributed by atoms with Crippen LogP contribution < -0.4 is 10.1 Å². The SMILES string of the molecule is COc1ccc(NC(=O)C(C)n2nc(C)c(Cl)c2C)c([N+](=O)[O-])c1. The number of nitrogens with zero attached hydrogens (tertiary/aromatic N) is 3.